The Morgan fingerprint density at radius 1 is 1.09 bits per heavy atom. The van der Waals surface area contributed by atoms with Gasteiger partial charge in [0.15, 0.2) is 0 Å². The van der Waals surface area contributed by atoms with E-state index in [0.29, 0.717) is 23.4 Å². The summed E-state index contributed by atoms with van der Waals surface area (Å²) in [5.41, 5.74) is 0.794. The largest absolute Gasteiger partial charge is 0.467 e. The summed E-state index contributed by atoms with van der Waals surface area (Å²) < 4.78 is 5.20. The van der Waals surface area contributed by atoms with Crippen molar-refractivity contribution in [2.24, 2.45) is 0 Å². The number of carbonyl (C=O) groups is 3. The molecule has 6 heteroatoms. The van der Waals surface area contributed by atoms with Gasteiger partial charge in [0.05, 0.1) is 23.9 Å². The molecule has 118 valence electrons. The van der Waals surface area contributed by atoms with Crippen LogP contribution in [0.15, 0.2) is 47.1 Å². The first kappa shape index (κ1) is 15.0. The summed E-state index contributed by atoms with van der Waals surface area (Å²) in [5.74, 6) is -0.154. The molecule has 0 bridgehead atoms. The molecule has 3 rings (SSSR count). The number of imide groups is 1. The lowest BCUT2D eigenvalue weighted by Crippen LogP contribution is -2.35. The highest BCUT2D eigenvalue weighted by atomic mass is 16.3. The maximum Gasteiger partial charge on any atom is 0.261 e. The summed E-state index contributed by atoms with van der Waals surface area (Å²) >= 11 is 0. The van der Waals surface area contributed by atoms with Gasteiger partial charge in [0, 0.05) is 20.0 Å². The molecule has 23 heavy (non-hydrogen) atoms. The van der Waals surface area contributed by atoms with Crippen molar-refractivity contribution < 1.29 is 18.8 Å². The molecule has 0 radical (unpaired) electrons. The SMILES string of the molecule is CN(Cc1ccco1)C(=O)CCN1C(=O)c2ccccc2C1=O. The van der Waals surface area contributed by atoms with Crippen LogP contribution in [0.3, 0.4) is 0 Å². The van der Waals surface area contributed by atoms with Crippen LogP contribution >= 0.6 is 0 Å². The third kappa shape index (κ3) is 2.88. The Balaban J connectivity index is 1.60. The molecular formula is C17H16N2O4. The molecule has 1 aliphatic heterocycles. The zero-order valence-corrected chi connectivity index (χ0v) is 12.7. The van der Waals surface area contributed by atoms with E-state index in [2.05, 4.69) is 0 Å². The predicted molar refractivity (Wildman–Crippen MR) is 81.6 cm³/mol. The molecule has 0 saturated heterocycles. The average molecular weight is 312 g/mol. The molecule has 0 saturated carbocycles. The maximum absolute atomic E-state index is 12.2. The first-order valence-corrected chi connectivity index (χ1v) is 7.29. The first-order chi connectivity index (χ1) is 11.1. The minimum atomic E-state index is -0.341. The molecule has 0 atom stereocenters. The third-order valence-electron chi connectivity index (χ3n) is 3.83. The summed E-state index contributed by atoms with van der Waals surface area (Å²) in [7, 11) is 1.66. The van der Waals surface area contributed by atoms with Crippen molar-refractivity contribution >= 4 is 17.7 Å². The van der Waals surface area contributed by atoms with Crippen LogP contribution in [0.25, 0.3) is 0 Å². The van der Waals surface area contributed by atoms with Gasteiger partial charge in [-0.15, -0.1) is 0 Å². The Kier molecular flexibility index (Phi) is 3.97. The van der Waals surface area contributed by atoms with Crippen LogP contribution in [0.5, 0.6) is 0 Å². The first-order valence-electron chi connectivity index (χ1n) is 7.29. The zero-order chi connectivity index (χ0) is 16.4. The van der Waals surface area contributed by atoms with E-state index in [-0.39, 0.29) is 30.7 Å². The van der Waals surface area contributed by atoms with Crippen molar-refractivity contribution in [3.63, 3.8) is 0 Å². The van der Waals surface area contributed by atoms with E-state index in [4.69, 9.17) is 4.42 Å². The zero-order valence-electron chi connectivity index (χ0n) is 12.7. The number of hydrogen-bond acceptors (Lipinski definition) is 4. The van der Waals surface area contributed by atoms with Crippen molar-refractivity contribution in [3.8, 4) is 0 Å². The van der Waals surface area contributed by atoms with E-state index in [1.54, 1.807) is 49.7 Å². The van der Waals surface area contributed by atoms with Gasteiger partial charge >= 0.3 is 0 Å². The lowest BCUT2D eigenvalue weighted by atomic mass is 10.1. The number of furan rings is 1. The molecule has 1 aromatic heterocycles. The van der Waals surface area contributed by atoms with Crippen molar-refractivity contribution in [1.82, 2.24) is 9.80 Å². The van der Waals surface area contributed by atoms with Crippen LogP contribution in [0.1, 0.15) is 32.9 Å². The van der Waals surface area contributed by atoms with Gasteiger partial charge in [-0.2, -0.15) is 0 Å². The van der Waals surface area contributed by atoms with Gasteiger partial charge in [0.25, 0.3) is 11.8 Å². The lowest BCUT2D eigenvalue weighted by Gasteiger charge is -2.18. The van der Waals surface area contributed by atoms with E-state index in [0.717, 1.165) is 4.90 Å². The lowest BCUT2D eigenvalue weighted by molar-refractivity contribution is -0.130. The minimum Gasteiger partial charge on any atom is -0.467 e. The summed E-state index contributed by atoms with van der Waals surface area (Å²) in [6.45, 7) is 0.432. The molecule has 3 amide bonds. The molecule has 0 unspecified atom stereocenters. The monoisotopic (exact) mass is 312 g/mol. The second-order valence-corrected chi connectivity index (χ2v) is 5.39. The number of fused-ring (bicyclic) bond motifs is 1. The second kappa shape index (κ2) is 6.08. The quantitative estimate of drug-likeness (QED) is 0.791. The fourth-order valence-corrected chi connectivity index (χ4v) is 2.57. The summed E-state index contributed by atoms with van der Waals surface area (Å²) in [4.78, 5) is 39.2. The van der Waals surface area contributed by atoms with E-state index in [1.807, 2.05) is 0 Å². The molecule has 0 fully saturated rings. The number of hydrogen-bond donors (Lipinski definition) is 0. The summed E-state index contributed by atoms with van der Waals surface area (Å²) in [5, 5.41) is 0. The molecule has 1 aromatic carbocycles. The maximum atomic E-state index is 12.2. The minimum absolute atomic E-state index is 0.0771. The molecule has 2 aromatic rings. The number of benzene rings is 1. The molecule has 2 heterocycles. The van der Waals surface area contributed by atoms with Crippen LogP contribution < -0.4 is 0 Å². The smallest absolute Gasteiger partial charge is 0.261 e. The van der Waals surface area contributed by atoms with E-state index in [9.17, 15) is 14.4 Å². The van der Waals surface area contributed by atoms with Gasteiger partial charge in [-0.05, 0) is 24.3 Å². The highest BCUT2D eigenvalue weighted by molar-refractivity contribution is 6.21. The fraction of sp³-hybridized carbons (Fsp3) is 0.235. The van der Waals surface area contributed by atoms with Crippen molar-refractivity contribution in [2.75, 3.05) is 13.6 Å². The average Bonchev–Trinajstić information content (AvgIpc) is 3.14. The van der Waals surface area contributed by atoms with Crippen LogP contribution in [-0.2, 0) is 11.3 Å². The molecule has 0 spiro atoms. The molecule has 0 N–H and O–H groups in total. The number of carbonyl (C=O) groups excluding carboxylic acids is 3. The number of nitrogens with zero attached hydrogens (tertiary/aromatic N) is 2. The van der Waals surface area contributed by atoms with Gasteiger partial charge in [0.2, 0.25) is 5.91 Å². The second-order valence-electron chi connectivity index (χ2n) is 5.39. The topological polar surface area (TPSA) is 70.8 Å². The van der Waals surface area contributed by atoms with Gasteiger partial charge in [-0.1, -0.05) is 12.1 Å². The van der Waals surface area contributed by atoms with Gasteiger partial charge in [0.1, 0.15) is 5.76 Å². The Morgan fingerprint density at radius 2 is 1.74 bits per heavy atom. The molecular weight excluding hydrogens is 296 g/mol. The van der Waals surface area contributed by atoms with Gasteiger partial charge < -0.3 is 9.32 Å². The predicted octanol–water partition coefficient (Wildman–Crippen LogP) is 1.92. The van der Waals surface area contributed by atoms with Crippen LogP contribution in [-0.4, -0.2) is 41.1 Å². The van der Waals surface area contributed by atoms with Gasteiger partial charge in [-0.3, -0.25) is 19.3 Å². The Bertz CT molecular complexity index is 717. The standard InChI is InChI=1S/C17H16N2O4/c1-18(11-12-5-4-10-23-12)15(20)8-9-19-16(21)13-6-2-3-7-14(13)17(19)22/h2-7,10H,8-9,11H2,1H3. The van der Waals surface area contributed by atoms with Gasteiger partial charge in [-0.25, -0.2) is 0 Å². The summed E-state index contributed by atoms with van der Waals surface area (Å²) in [6, 6.07) is 10.2. The Labute approximate surface area is 133 Å². The van der Waals surface area contributed by atoms with E-state index >= 15 is 0 Å². The van der Waals surface area contributed by atoms with Crippen molar-refractivity contribution in [3.05, 3.63) is 59.5 Å². The number of rotatable bonds is 5. The van der Waals surface area contributed by atoms with Crippen LogP contribution in [0.4, 0.5) is 0 Å². The Hall–Kier alpha value is -2.89. The fourth-order valence-electron chi connectivity index (χ4n) is 2.57. The molecule has 1 aliphatic rings. The highest BCUT2D eigenvalue weighted by Crippen LogP contribution is 2.22. The van der Waals surface area contributed by atoms with E-state index < -0.39 is 0 Å². The van der Waals surface area contributed by atoms with Crippen molar-refractivity contribution in [2.45, 2.75) is 13.0 Å². The van der Waals surface area contributed by atoms with Crippen LogP contribution in [0, 0.1) is 0 Å². The highest BCUT2D eigenvalue weighted by Gasteiger charge is 2.35. The summed E-state index contributed by atoms with van der Waals surface area (Å²) in [6.07, 6.45) is 1.63. The van der Waals surface area contributed by atoms with Crippen LogP contribution in [0.2, 0.25) is 0 Å². The Morgan fingerprint density at radius 3 is 2.30 bits per heavy atom. The molecule has 0 aliphatic carbocycles. The normalized spacial score (nSPS) is 13.3. The number of amides is 3. The molecule has 6 nitrogen and oxygen atoms in total. The van der Waals surface area contributed by atoms with Crippen molar-refractivity contribution in [1.29, 1.82) is 0 Å². The van der Waals surface area contributed by atoms with E-state index in [1.165, 1.54) is 4.90 Å². The third-order valence-corrected chi connectivity index (χ3v) is 3.83.